The van der Waals surface area contributed by atoms with Crippen molar-refractivity contribution in [2.24, 2.45) is 5.92 Å². The lowest BCUT2D eigenvalue weighted by molar-refractivity contribution is -0.135. The number of nitrogens with one attached hydrogen (secondary N) is 2. The quantitative estimate of drug-likeness (QED) is 0.683. The van der Waals surface area contributed by atoms with Crippen LogP contribution in [0.15, 0.2) is 48.8 Å². The first-order chi connectivity index (χ1) is 15.2. The smallest absolute Gasteiger partial charge is 0.321 e. The lowest BCUT2D eigenvalue weighted by atomic mass is 9.97. The lowest BCUT2D eigenvalue weighted by Crippen LogP contribution is -2.47. The molecule has 2 aliphatic rings. The molecule has 5 rings (SSSR count). The Hall–Kier alpha value is -3.42. The number of benzene rings is 1. The summed E-state index contributed by atoms with van der Waals surface area (Å²) in [5.74, 6) is 1.13. The predicted molar refractivity (Wildman–Crippen MR) is 118 cm³/mol. The molecule has 160 valence electrons. The number of fused-ring (bicyclic) bond motifs is 1. The molecular formula is C23H26N6O2. The summed E-state index contributed by atoms with van der Waals surface area (Å²) in [5.41, 5.74) is 2.60. The molecular weight excluding hydrogens is 392 g/mol. The van der Waals surface area contributed by atoms with Crippen molar-refractivity contribution in [2.45, 2.75) is 25.2 Å². The largest absolute Gasteiger partial charge is 0.342 e. The molecule has 0 saturated carbocycles. The molecule has 2 aromatic heterocycles. The Kier molecular flexibility index (Phi) is 5.28. The van der Waals surface area contributed by atoms with Crippen LogP contribution in [0.1, 0.15) is 31.0 Å². The number of piperidine rings is 1. The van der Waals surface area contributed by atoms with Gasteiger partial charge in [0.25, 0.3) is 0 Å². The normalized spacial score (nSPS) is 21.4. The van der Waals surface area contributed by atoms with Crippen LogP contribution < -0.4 is 5.32 Å². The first kappa shape index (κ1) is 19.5. The molecule has 0 bridgehead atoms. The number of hydrogen-bond donors (Lipinski definition) is 2. The number of carbonyl (C=O) groups is 2. The summed E-state index contributed by atoms with van der Waals surface area (Å²) in [6, 6.07) is 11.2. The summed E-state index contributed by atoms with van der Waals surface area (Å²) in [6.07, 6.45) is 6.07. The molecule has 0 aliphatic carbocycles. The third-order valence-corrected chi connectivity index (χ3v) is 6.27. The van der Waals surface area contributed by atoms with E-state index >= 15 is 0 Å². The number of H-pyrrole nitrogens is 1. The van der Waals surface area contributed by atoms with Crippen molar-refractivity contribution in [1.82, 2.24) is 24.8 Å². The number of amides is 3. The van der Waals surface area contributed by atoms with E-state index in [2.05, 4.69) is 20.3 Å². The van der Waals surface area contributed by atoms with E-state index in [1.807, 2.05) is 41.3 Å². The van der Waals surface area contributed by atoms with Crippen molar-refractivity contribution in [3.05, 3.63) is 54.6 Å². The average Bonchev–Trinajstić information content (AvgIpc) is 3.46. The molecule has 31 heavy (non-hydrogen) atoms. The first-order valence-corrected chi connectivity index (χ1v) is 10.9. The second-order valence-corrected chi connectivity index (χ2v) is 8.37. The highest BCUT2D eigenvalue weighted by Gasteiger charge is 2.35. The number of anilines is 1. The number of pyridine rings is 1. The molecule has 4 heterocycles. The topological polar surface area (TPSA) is 94.2 Å². The summed E-state index contributed by atoms with van der Waals surface area (Å²) in [7, 11) is 0. The molecule has 2 N–H and O–H groups in total. The summed E-state index contributed by atoms with van der Waals surface area (Å²) in [6.45, 7) is 2.54. The molecule has 2 fully saturated rings. The fourth-order valence-electron chi connectivity index (χ4n) is 4.60. The van der Waals surface area contributed by atoms with Crippen LogP contribution in [0, 0.1) is 5.92 Å². The van der Waals surface area contributed by atoms with E-state index in [1.54, 1.807) is 17.3 Å². The fourth-order valence-corrected chi connectivity index (χ4v) is 4.60. The number of aromatic amines is 1. The summed E-state index contributed by atoms with van der Waals surface area (Å²) in [5, 5.41) is 2.93. The monoisotopic (exact) mass is 418 g/mol. The molecule has 0 spiro atoms. The van der Waals surface area contributed by atoms with E-state index in [4.69, 9.17) is 0 Å². The van der Waals surface area contributed by atoms with E-state index in [1.165, 1.54) is 0 Å². The lowest BCUT2D eigenvalue weighted by Gasteiger charge is -2.34. The van der Waals surface area contributed by atoms with E-state index in [0.717, 1.165) is 48.4 Å². The Morgan fingerprint density at radius 3 is 2.74 bits per heavy atom. The minimum Gasteiger partial charge on any atom is -0.342 e. The van der Waals surface area contributed by atoms with Gasteiger partial charge >= 0.3 is 6.03 Å². The van der Waals surface area contributed by atoms with Gasteiger partial charge in [-0.3, -0.25) is 9.78 Å². The number of aromatic nitrogens is 3. The number of para-hydroxylation sites is 1. The van der Waals surface area contributed by atoms with Crippen molar-refractivity contribution in [3.63, 3.8) is 0 Å². The fraction of sp³-hybridized carbons (Fsp3) is 0.391. The van der Waals surface area contributed by atoms with Gasteiger partial charge in [-0.1, -0.05) is 18.2 Å². The molecule has 3 aromatic rings. The minimum absolute atomic E-state index is 0.140. The second-order valence-electron chi connectivity index (χ2n) is 8.37. The molecule has 1 aromatic carbocycles. The van der Waals surface area contributed by atoms with Crippen molar-refractivity contribution in [3.8, 4) is 0 Å². The number of hydrogen-bond acceptors (Lipinski definition) is 4. The number of rotatable bonds is 3. The van der Waals surface area contributed by atoms with Crippen LogP contribution in [0.25, 0.3) is 11.0 Å². The molecule has 8 heteroatoms. The first-order valence-electron chi connectivity index (χ1n) is 10.9. The van der Waals surface area contributed by atoms with Gasteiger partial charge in [-0.05, 0) is 37.5 Å². The Morgan fingerprint density at radius 1 is 1.03 bits per heavy atom. The summed E-state index contributed by atoms with van der Waals surface area (Å²) in [4.78, 5) is 41.7. The van der Waals surface area contributed by atoms with Gasteiger partial charge in [0.05, 0.1) is 23.1 Å². The summed E-state index contributed by atoms with van der Waals surface area (Å²) >= 11 is 0. The van der Waals surface area contributed by atoms with Crippen LogP contribution in [-0.4, -0.2) is 62.9 Å². The van der Waals surface area contributed by atoms with Crippen LogP contribution in [-0.2, 0) is 4.79 Å². The Bertz CT molecular complexity index is 1050. The number of imidazole rings is 1. The average molecular weight is 419 g/mol. The van der Waals surface area contributed by atoms with E-state index in [0.29, 0.717) is 19.6 Å². The van der Waals surface area contributed by atoms with Crippen molar-refractivity contribution >= 4 is 28.7 Å². The maximum atomic E-state index is 13.2. The van der Waals surface area contributed by atoms with Gasteiger partial charge < -0.3 is 20.1 Å². The third-order valence-electron chi connectivity index (χ3n) is 6.27. The molecule has 2 unspecified atom stereocenters. The number of urea groups is 1. The third kappa shape index (κ3) is 4.10. The number of likely N-dealkylation sites (tertiary alicyclic amines) is 2. The molecule has 2 aliphatic heterocycles. The van der Waals surface area contributed by atoms with Gasteiger partial charge in [0.1, 0.15) is 5.82 Å². The number of carbonyl (C=O) groups excluding carboxylic acids is 2. The summed E-state index contributed by atoms with van der Waals surface area (Å²) < 4.78 is 0. The van der Waals surface area contributed by atoms with Crippen molar-refractivity contribution in [1.29, 1.82) is 0 Å². The predicted octanol–water partition coefficient (Wildman–Crippen LogP) is 3.22. The van der Waals surface area contributed by atoms with Crippen LogP contribution in [0.2, 0.25) is 0 Å². The van der Waals surface area contributed by atoms with Crippen LogP contribution in [0.3, 0.4) is 0 Å². The van der Waals surface area contributed by atoms with Gasteiger partial charge in [0, 0.05) is 44.0 Å². The van der Waals surface area contributed by atoms with Gasteiger partial charge in [0.15, 0.2) is 0 Å². The van der Waals surface area contributed by atoms with Gasteiger partial charge in [-0.2, -0.15) is 0 Å². The standard InChI is InChI=1S/C23H26N6O2/c30-22(17-5-4-11-29(15-17)23(31)25-18-6-2-1-3-7-18)28-12-9-16(14-28)21-26-19-8-10-24-13-20(19)27-21/h1-3,6-8,10,13,16-17H,4-5,9,11-12,14-15H2,(H,25,31)(H,26,27). The Balaban J connectivity index is 1.20. The Labute approximate surface area is 180 Å². The molecule has 8 nitrogen and oxygen atoms in total. The zero-order chi connectivity index (χ0) is 21.2. The molecule has 3 amide bonds. The van der Waals surface area contributed by atoms with Crippen LogP contribution >= 0.6 is 0 Å². The zero-order valence-corrected chi connectivity index (χ0v) is 17.3. The van der Waals surface area contributed by atoms with Crippen molar-refractivity contribution < 1.29 is 9.59 Å². The zero-order valence-electron chi connectivity index (χ0n) is 17.3. The maximum absolute atomic E-state index is 13.2. The minimum atomic E-state index is -0.145. The maximum Gasteiger partial charge on any atom is 0.321 e. The van der Waals surface area contributed by atoms with E-state index in [-0.39, 0.29) is 23.8 Å². The molecule has 2 saturated heterocycles. The van der Waals surface area contributed by atoms with Crippen LogP contribution in [0.5, 0.6) is 0 Å². The molecule has 0 radical (unpaired) electrons. The molecule has 2 atom stereocenters. The van der Waals surface area contributed by atoms with E-state index < -0.39 is 0 Å². The Morgan fingerprint density at radius 2 is 1.90 bits per heavy atom. The highest BCUT2D eigenvalue weighted by molar-refractivity contribution is 5.90. The van der Waals surface area contributed by atoms with Crippen molar-refractivity contribution in [2.75, 3.05) is 31.5 Å². The van der Waals surface area contributed by atoms with E-state index in [9.17, 15) is 9.59 Å². The second kappa shape index (κ2) is 8.37. The van der Waals surface area contributed by atoms with Gasteiger partial charge in [-0.15, -0.1) is 0 Å². The highest BCUT2D eigenvalue weighted by atomic mass is 16.2. The highest BCUT2D eigenvalue weighted by Crippen LogP contribution is 2.29. The SMILES string of the molecule is O=C(Nc1ccccc1)N1CCCC(C(=O)N2CCC(c3nc4ccncc4[nH]3)C2)C1. The van der Waals surface area contributed by atoms with Gasteiger partial charge in [0.2, 0.25) is 5.91 Å². The van der Waals surface area contributed by atoms with Crippen LogP contribution in [0.4, 0.5) is 10.5 Å². The number of nitrogens with zero attached hydrogens (tertiary/aromatic N) is 4. The van der Waals surface area contributed by atoms with Gasteiger partial charge in [-0.25, -0.2) is 9.78 Å².